The van der Waals surface area contributed by atoms with Crippen molar-refractivity contribution in [1.82, 2.24) is 15.8 Å². The lowest BCUT2D eigenvalue weighted by molar-refractivity contribution is 0.223. The van der Waals surface area contributed by atoms with Crippen LogP contribution in [0.25, 0.3) is 22.6 Å². The van der Waals surface area contributed by atoms with Gasteiger partial charge in [-0.15, -0.1) is 0 Å². The summed E-state index contributed by atoms with van der Waals surface area (Å²) in [6.07, 6.45) is 1.62. The molecular formula is C22H23N3O3. The average molecular weight is 377 g/mol. The molecule has 6 nitrogen and oxygen atoms in total. The van der Waals surface area contributed by atoms with Gasteiger partial charge >= 0.3 is 6.03 Å². The van der Waals surface area contributed by atoms with E-state index in [1.807, 2.05) is 61.5 Å². The van der Waals surface area contributed by atoms with Crippen LogP contribution in [0.15, 0.2) is 59.1 Å². The highest BCUT2D eigenvalue weighted by Crippen LogP contribution is 2.36. The highest BCUT2D eigenvalue weighted by molar-refractivity contribution is 5.75. The van der Waals surface area contributed by atoms with Crippen LogP contribution in [0.5, 0.6) is 5.75 Å². The van der Waals surface area contributed by atoms with Crippen LogP contribution in [-0.2, 0) is 0 Å². The third kappa shape index (κ3) is 3.86. The molecule has 1 aliphatic rings. The van der Waals surface area contributed by atoms with Crippen molar-refractivity contribution >= 4 is 6.03 Å². The predicted octanol–water partition coefficient (Wildman–Crippen LogP) is 4.54. The van der Waals surface area contributed by atoms with Crippen molar-refractivity contribution < 1.29 is 14.1 Å². The van der Waals surface area contributed by atoms with Crippen molar-refractivity contribution in [1.29, 1.82) is 0 Å². The smallest absolute Gasteiger partial charge is 0.315 e. The number of carbonyl (C=O) groups is 1. The standard InChI is InChI=1S/C22H23N3O3/c1-2-11-23-22(26)24-18-10-12-27-20-9-8-16(13-17(18)20)21-14-19(25-28-21)15-6-4-3-5-7-15/h3-9,13-14,18H,2,10-12H2,1H3,(H2,23,24,26). The number of aromatic nitrogens is 1. The molecule has 1 aromatic heterocycles. The molecule has 1 unspecified atom stereocenters. The van der Waals surface area contributed by atoms with E-state index in [2.05, 4.69) is 15.8 Å². The maximum atomic E-state index is 12.1. The van der Waals surface area contributed by atoms with Gasteiger partial charge in [0.1, 0.15) is 11.4 Å². The van der Waals surface area contributed by atoms with Crippen molar-refractivity contribution in [3.8, 4) is 28.3 Å². The van der Waals surface area contributed by atoms with Crippen molar-refractivity contribution in [2.45, 2.75) is 25.8 Å². The molecule has 0 spiro atoms. The van der Waals surface area contributed by atoms with Gasteiger partial charge in [-0.2, -0.15) is 0 Å². The van der Waals surface area contributed by atoms with Gasteiger partial charge in [0.15, 0.2) is 5.76 Å². The Morgan fingerprint density at radius 3 is 2.82 bits per heavy atom. The molecular weight excluding hydrogens is 354 g/mol. The van der Waals surface area contributed by atoms with E-state index in [4.69, 9.17) is 9.26 Å². The molecule has 1 atom stereocenters. The Balaban J connectivity index is 1.58. The summed E-state index contributed by atoms with van der Waals surface area (Å²) in [5.41, 5.74) is 3.65. The molecule has 0 saturated heterocycles. The molecule has 0 saturated carbocycles. The normalized spacial score (nSPS) is 15.4. The third-order valence-corrected chi connectivity index (χ3v) is 4.75. The highest BCUT2D eigenvalue weighted by atomic mass is 16.5. The van der Waals surface area contributed by atoms with E-state index in [1.54, 1.807) is 0 Å². The van der Waals surface area contributed by atoms with Gasteiger partial charge in [0, 0.05) is 35.7 Å². The van der Waals surface area contributed by atoms with Crippen molar-refractivity contribution in [3.05, 3.63) is 60.2 Å². The van der Waals surface area contributed by atoms with E-state index in [9.17, 15) is 4.79 Å². The first-order valence-corrected chi connectivity index (χ1v) is 9.58. The second kappa shape index (κ2) is 8.17. The zero-order valence-electron chi connectivity index (χ0n) is 15.8. The van der Waals surface area contributed by atoms with Gasteiger partial charge in [0.2, 0.25) is 0 Å². The van der Waals surface area contributed by atoms with Crippen LogP contribution >= 0.6 is 0 Å². The number of carbonyl (C=O) groups excluding carboxylic acids is 1. The lowest BCUT2D eigenvalue weighted by Crippen LogP contribution is -2.39. The second-order valence-electron chi connectivity index (χ2n) is 6.78. The maximum Gasteiger partial charge on any atom is 0.315 e. The van der Waals surface area contributed by atoms with Gasteiger partial charge < -0.3 is 19.9 Å². The molecule has 1 aliphatic heterocycles. The quantitative estimate of drug-likeness (QED) is 0.684. The van der Waals surface area contributed by atoms with Crippen LogP contribution in [-0.4, -0.2) is 24.3 Å². The summed E-state index contributed by atoms with van der Waals surface area (Å²) >= 11 is 0. The molecule has 3 aromatic rings. The van der Waals surface area contributed by atoms with Crippen LogP contribution in [0.1, 0.15) is 31.4 Å². The van der Waals surface area contributed by atoms with Gasteiger partial charge in [0.25, 0.3) is 0 Å². The number of ether oxygens (including phenoxy) is 1. The summed E-state index contributed by atoms with van der Waals surface area (Å²) in [6.45, 7) is 3.26. The second-order valence-corrected chi connectivity index (χ2v) is 6.78. The summed E-state index contributed by atoms with van der Waals surface area (Å²) in [4.78, 5) is 12.1. The van der Waals surface area contributed by atoms with Crippen LogP contribution in [0.4, 0.5) is 4.79 Å². The van der Waals surface area contributed by atoms with Gasteiger partial charge in [-0.05, 0) is 24.6 Å². The van der Waals surface area contributed by atoms with Gasteiger partial charge in [-0.25, -0.2) is 4.79 Å². The molecule has 2 heterocycles. The molecule has 0 aliphatic carbocycles. The van der Waals surface area contributed by atoms with Crippen molar-refractivity contribution in [3.63, 3.8) is 0 Å². The molecule has 144 valence electrons. The first-order valence-electron chi connectivity index (χ1n) is 9.58. The Kier molecular flexibility index (Phi) is 5.28. The SMILES string of the molecule is CCCNC(=O)NC1CCOc2ccc(-c3cc(-c4ccccc4)no3)cc21. The number of hydrogen-bond acceptors (Lipinski definition) is 4. The monoisotopic (exact) mass is 377 g/mol. The number of hydrogen-bond donors (Lipinski definition) is 2. The highest BCUT2D eigenvalue weighted by Gasteiger charge is 2.24. The minimum Gasteiger partial charge on any atom is -0.493 e. The van der Waals surface area contributed by atoms with Crippen LogP contribution in [0.2, 0.25) is 0 Å². The molecule has 0 bridgehead atoms. The lowest BCUT2D eigenvalue weighted by atomic mass is 9.97. The molecule has 2 aromatic carbocycles. The Morgan fingerprint density at radius 1 is 1.14 bits per heavy atom. The Morgan fingerprint density at radius 2 is 2.00 bits per heavy atom. The van der Waals surface area contributed by atoms with E-state index in [0.29, 0.717) is 18.9 Å². The van der Waals surface area contributed by atoms with E-state index in [-0.39, 0.29) is 12.1 Å². The largest absolute Gasteiger partial charge is 0.493 e. The van der Waals surface area contributed by atoms with Gasteiger partial charge in [-0.3, -0.25) is 0 Å². The number of nitrogens with zero attached hydrogens (tertiary/aromatic N) is 1. The van der Waals surface area contributed by atoms with Crippen molar-refractivity contribution in [2.24, 2.45) is 0 Å². The fraction of sp³-hybridized carbons (Fsp3) is 0.273. The number of nitrogens with one attached hydrogen (secondary N) is 2. The molecule has 6 heteroatoms. The first kappa shape index (κ1) is 18.1. The van der Waals surface area contributed by atoms with Crippen LogP contribution in [0.3, 0.4) is 0 Å². The fourth-order valence-corrected chi connectivity index (χ4v) is 3.30. The predicted molar refractivity (Wildman–Crippen MR) is 107 cm³/mol. The molecule has 0 fully saturated rings. The van der Waals surface area contributed by atoms with E-state index < -0.39 is 0 Å². The summed E-state index contributed by atoms with van der Waals surface area (Å²) in [6, 6.07) is 17.5. The minimum atomic E-state index is -0.156. The number of fused-ring (bicyclic) bond motifs is 1. The molecule has 2 amide bonds. The summed E-state index contributed by atoms with van der Waals surface area (Å²) < 4.78 is 11.3. The van der Waals surface area contributed by atoms with E-state index in [0.717, 1.165) is 41.0 Å². The van der Waals surface area contributed by atoms with Crippen LogP contribution in [0, 0.1) is 0 Å². The van der Waals surface area contributed by atoms with E-state index >= 15 is 0 Å². The van der Waals surface area contributed by atoms with Crippen molar-refractivity contribution in [2.75, 3.05) is 13.2 Å². The number of rotatable bonds is 5. The number of amides is 2. The zero-order chi connectivity index (χ0) is 19.3. The Bertz CT molecular complexity index is 953. The molecule has 0 radical (unpaired) electrons. The topological polar surface area (TPSA) is 76.4 Å². The van der Waals surface area contributed by atoms with E-state index in [1.165, 1.54) is 0 Å². The zero-order valence-corrected chi connectivity index (χ0v) is 15.8. The first-order chi connectivity index (χ1) is 13.7. The molecule has 4 rings (SSSR count). The lowest BCUT2D eigenvalue weighted by Gasteiger charge is -2.27. The summed E-state index contributed by atoms with van der Waals surface area (Å²) in [5.74, 6) is 1.47. The minimum absolute atomic E-state index is 0.0999. The molecule has 28 heavy (non-hydrogen) atoms. The number of urea groups is 1. The molecule has 2 N–H and O–H groups in total. The summed E-state index contributed by atoms with van der Waals surface area (Å²) in [5, 5.41) is 10.1. The maximum absolute atomic E-state index is 12.1. The Hall–Kier alpha value is -3.28. The average Bonchev–Trinajstić information content (AvgIpc) is 3.23. The van der Waals surface area contributed by atoms with Crippen LogP contribution < -0.4 is 15.4 Å². The fourth-order valence-electron chi connectivity index (χ4n) is 3.30. The van der Waals surface area contributed by atoms with Gasteiger partial charge in [0.05, 0.1) is 12.6 Å². The van der Waals surface area contributed by atoms with Gasteiger partial charge in [-0.1, -0.05) is 42.4 Å². The number of benzene rings is 2. The Labute approximate surface area is 163 Å². The third-order valence-electron chi connectivity index (χ3n) is 4.75. The summed E-state index contributed by atoms with van der Waals surface area (Å²) in [7, 11) is 0.